The number of nitrogens with one attached hydrogen (secondary N) is 1. The van der Waals surface area contributed by atoms with Crippen LogP contribution < -0.4 is 5.32 Å². The Bertz CT molecular complexity index is 1160. The molecule has 1 aliphatic heterocycles. The zero-order chi connectivity index (χ0) is 24.2. The van der Waals surface area contributed by atoms with E-state index in [0.29, 0.717) is 24.3 Å². The van der Waals surface area contributed by atoms with Crippen molar-refractivity contribution < 1.29 is 27.7 Å². The summed E-state index contributed by atoms with van der Waals surface area (Å²) in [4.78, 5) is 35.3. The third-order valence-corrected chi connectivity index (χ3v) is 7.28. The number of benzene rings is 2. The van der Waals surface area contributed by atoms with Gasteiger partial charge in [0, 0.05) is 30.9 Å². The van der Waals surface area contributed by atoms with Crippen LogP contribution in [0.15, 0.2) is 47.4 Å². The van der Waals surface area contributed by atoms with E-state index in [2.05, 4.69) is 5.32 Å². The van der Waals surface area contributed by atoms with Crippen molar-refractivity contribution in [2.45, 2.75) is 44.1 Å². The molecule has 176 valence electrons. The molecule has 0 radical (unpaired) electrons. The summed E-state index contributed by atoms with van der Waals surface area (Å²) < 4.78 is 32.6. The molecule has 1 fully saturated rings. The lowest BCUT2D eigenvalue weighted by atomic mass is 10.1. The summed E-state index contributed by atoms with van der Waals surface area (Å²) in [7, 11) is -3.73. The van der Waals surface area contributed by atoms with Gasteiger partial charge >= 0.3 is 5.97 Å². The summed E-state index contributed by atoms with van der Waals surface area (Å²) >= 11 is 0. The first-order valence-electron chi connectivity index (χ1n) is 10.5. The number of rotatable bonds is 7. The number of carbonyl (C=O) groups excluding carboxylic acids is 2. The first-order valence-corrected chi connectivity index (χ1v) is 11.9. The number of nitrogens with zero attached hydrogens (tertiary/aromatic N) is 2. The Balaban J connectivity index is 1.70. The molecule has 0 spiro atoms. The van der Waals surface area contributed by atoms with Gasteiger partial charge in [-0.3, -0.25) is 14.9 Å². The van der Waals surface area contributed by atoms with Gasteiger partial charge in [0.05, 0.1) is 15.4 Å². The Morgan fingerprint density at radius 3 is 2.33 bits per heavy atom. The van der Waals surface area contributed by atoms with Crippen molar-refractivity contribution in [2.24, 2.45) is 0 Å². The Morgan fingerprint density at radius 1 is 1.09 bits per heavy atom. The second-order valence-electron chi connectivity index (χ2n) is 7.78. The minimum Gasteiger partial charge on any atom is -0.449 e. The summed E-state index contributed by atoms with van der Waals surface area (Å²) in [6, 6.07) is 9.49. The number of aryl methyl sites for hydroxylation is 1. The number of nitro benzene ring substituents is 1. The number of amides is 1. The van der Waals surface area contributed by atoms with Crippen LogP contribution in [-0.2, 0) is 19.6 Å². The number of nitro groups is 1. The molecule has 33 heavy (non-hydrogen) atoms. The molecular weight excluding hydrogens is 450 g/mol. The molecule has 1 atom stereocenters. The summed E-state index contributed by atoms with van der Waals surface area (Å²) in [5, 5.41) is 13.2. The Hall–Kier alpha value is -3.31. The van der Waals surface area contributed by atoms with E-state index in [0.717, 1.165) is 19.3 Å². The zero-order valence-electron chi connectivity index (χ0n) is 18.3. The smallest absolute Gasteiger partial charge is 0.339 e. The predicted octanol–water partition coefficient (Wildman–Crippen LogP) is 3.26. The van der Waals surface area contributed by atoms with E-state index in [-0.39, 0.29) is 16.1 Å². The average Bonchev–Trinajstić information content (AvgIpc) is 2.80. The maximum Gasteiger partial charge on any atom is 0.339 e. The van der Waals surface area contributed by atoms with Gasteiger partial charge in [-0.2, -0.15) is 4.31 Å². The maximum atomic E-state index is 12.9. The van der Waals surface area contributed by atoms with Crippen molar-refractivity contribution in [1.29, 1.82) is 0 Å². The van der Waals surface area contributed by atoms with Crippen LogP contribution in [0.4, 0.5) is 11.4 Å². The Labute approximate surface area is 191 Å². The predicted molar refractivity (Wildman–Crippen MR) is 120 cm³/mol. The van der Waals surface area contributed by atoms with E-state index < -0.39 is 32.9 Å². The number of non-ortho nitro benzene ring substituents is 1. The Kier molecular flexibility index (Phi) is 7.44. The van der Waals surface area contributed by atoms with Gasteiger partial charge in [0.2, 0.25) is 10.0 Å². The molecule has 2 aromatic rings. The summed E-state index contributed by atoms with van der Waals surface area (Å²) in [5.74, 6) is -1.46. The number of esters is 1. The van der Waals surface area contributed by atoms with Gasteiger partial charge in [0.1, 0.15) is 0 Å². The highest BCUT2D eigenvalue weighted by atomic mass is 32.2. The summed E-state index contributed by atoms with van der Waals surface area (Å²) in [5.41, 5.74) is 0.755. The lowest BCUT2D eigenvalue weighted by Crippen LogP contribution is -2.35. The van der Waals surface area contributed by atoms with E-state index in [1.165, 1.54) is 53.7 Å². The highest BCUT2D eigenvalue weighted by molar-refractivity contribution is 7.89. The lowest BCUT2D eigenvalue weighted by Gasteiger charge is -2.26. The minimum atomic E-state index is -3.73. The number of ether oxygens (including phenoxy) is 1. The molecule has 0 aromatic heterocycles. The molecule has 11 heteroatoms. The third-order valence-electron chi connectivity index (χ3n) is 5.38. The van der Waals surface area contributed by atoms with Crippen molar-refractivity contribution in [2.75, 3.05) is 18.4 Å². The van der Waals surface area contributed by atoms with Crippen LogP contribution in [0.25, 0.3) is 0 Å². The van der Waals surface area contributed by atoms with E-state index in [4.69, 9.17) is 4.74 Å². The van der Waals surface area contributed by atoms with Crippen LogP contribution in [0.3, 0.4) is 0 Å². The SMILES string of the molecule is Cc1ccc(S(=O)(=O)N2CCCCC2)cc1C(=O)OC(C)C(=O)Nc1ccc([N+](=O)[O-])cc1. The average molecular weight is 476 g/mol. The van der Waals surface area contributed by atoms with Crippen molar-refractivity contribution >= 4 is 33.3 Å². The zero-order valence-corrected chi connectivity index (χ0v) is 19.1. The van der Waals surface area contributed by atoms with Crippen LogP contribution >= 0.6 is 0 Å². The van der Waals surface area contributed by atoms with Crippen LogP contribution in [0.2, 0.25) is 0 Å². The molecule has 0 aliphatic carbocycles. The Morgan fingerprint density at radius 2 is 1.73 bits per heavy atom. The molecule has 1 saturated heterocycles. The van der Waals surface area contributed by atoms with Crippen LogP contribution in [-0.4, -0.2) is 48.7 Å². The van der Waals surface area contributed by atoms with Crippen molar-refractivity contribution in [3.8, 4) is 0 Å². The fourth-order valence-corrected chi connectivity index (χ4v) is 4.97. The molecule has 1 unspecified atom stereocenters. The monoisotopic (exact) mass is 475 g/mol. The highest BCUT2D eigenvalue weighted by Gasteiger charge is 2.28. The molecule has 1 N–H and O–H groups in total. The fourth-order valence-electron chi connectivity index (χ4n) is 3.42. The molecule has 0 bridgehead atoms. The van der Waals surface area contributed by atoms with Crippen LogP contribution in [0.1, 0.15) is 42.1 Å². The second kappa shape index (κ2) is 10.1. The fraction of sp³-hybridized carbons (Fsp3) is 0.364. The molecule has 1 heterocycles. The molecule has 10 nitrogen and oxygen atoms in total. The van der Waals surface area contributed by atoms with E-state index >= 15 is 0 Å². The van der Waals surface area contributed by atoms with Gasteiger partial charge < -0.3 is 10.1 Å². The van der Waals surface area contributed by atoms with Gasteiger partial charge in [-0.05, 0) is 56.5 Å². The maximum absolute atomic E-state index is 12.9. The van der Waals surface area contributed by atoms with E-state index in [1.807, 2.05) is 0 Å². The molecule has 1 aliphatic rings. The number of piperidine rings is 1. The van der Waals surface area contributed by atoms with E-state index in [1.54, 1.807) is 6.92 Å². The normalized spacial score (nSPS) is 15.5. The summed E-state index contributed by atoms with van der Waals surface area (Å²) in [6.45, 7) is 3.91. The highest BCUT2D eigenvalue weighted by Crippen LogP contribution is 2.23. The van der Waals surface area contributed by atoms with Crippen LogP contribution in [0.5, 0.6) is 0 Å². The van der Waals surface area contributed by atoms with Crippen molar-refractivity contribution in [3.05, 3.63) is 63.7 Å². The molecular formula is C22H25N3O7S. The van der Waals surface area contributed by atoms with Crippen molar-refractivity contribution in [3.63, 3.8) is 0 Å². The van der Waals surface area contributed by atoms with Gasteiger partial charge in [0.15, 0.2) is 6.10 Å². The largest absolute Gasteiger partial charge is 0.449 e. The number of carbonyl (C=O) groups is 2. The topological polar surface area (TPSA) is 136 Å². The molecule has 0 saturated carbocycles. The van der Waals surface area contributed by atoms with Gasteiger partial charge in [-0.1, -0.05) is 12.5 Å². The summed E-state index contributed by atoms with van der Waals surface area (Å²) in [6.07, 6.45) is 1.38. The van der Waals surface area contributed by atoms with Gasteiger partial charge in [-0.25, -0.2) is 13.2 Å². The van der Waals surface area contributed by atoms with Crippen LogP contribution in [0, 0.1) is 17.0 Å². The third kappa shape index (κ3) is 5.74. The van der Waals surface area contributed by atoms with Gasteiger partial charge in [-0.15, -0.1) is 0 Å². The number of sulfonamides is 1. The van der Waals surface area contributed by atoms with E-state index in [9.17, 15) is 28.1 Å². The minimum absolute atomic E-state index is 0.00457. The first-order chi connectivity index (χ1) is 15.6. The number of anilines is 1. The first kappa shape index (κ1) is 24.3. The lowest BCUT2D eigenvalue weighted by molar-refractivity contribution is -0.384. The molecule has 1 amide bonds. The van der Waals surface area contributed by atoms with Crippen molar-refractivity contribution in [1.82, 2.24) is 4.31 Å². The quantitative estimate of drug-likeness (QED) is 0.369. The van der Waals surface area contributed by atoms with Gasteiger partial charge in [0.25, 0.3) is 11.6 Å². The second-order valence-corrected chi connectivity index (χ2v) is 9.72. The molecule has 3 rings (SSSR count). The standard InChI is InChI=1S/C22H25N3O7S/c1-15-6-11-19(33(30,31)24-12-4-3-5-13-24)14-20(15)22(27)32-16(2)21(26)23-17-7-9-18(10-8-17)25(28)29/h6-11,14,16H,3-5,12-13H2,1-2H3,(H,23,26). The number of hydrogen-bond donors (Lipinski definition) is 1. The number of hydrogen-bond acceptors (Lipinski definition) is 7. The molecule has 2 aromatic carbocycles.